The second kappa shape index (κ2) is 7.04. The number of hydrogen-bond acceptors (Lipinski definition) is 4. The third-order valence-corrected chi connectivity index (χ3v) is 4.30. The van der Waals surface area contributed by atoms with Gasteiger partial charge in [0.05, 0.1) is 6.42 Å². The van der Waals surface area contributed by atoms with Gasteiger partial charge < -0.3 is 15.3 Å². The van der Waals surface area contributed by atoms with Crippen LogP contribution < -0.4 is 5.32 Å². The minimum absolute atomic E-state index is 0.164. The maximum Gasteiger partial charge on any atom is 0.304 e. The average molecular weight is 283 g/mol. The molecule has 2 unspecified atom stereocenters. The summed E-state index contributed by atoms with van der Waals surface area (Å²) in [4.78, 5) is 27.1. The summed E-state index contributed by atoms with van der Waals surface area (Å²) in [5.41, 5.74) is 0. The van der Waals surface area contributed by atoms with Gasteiger partial charge in [0.2, 0.25) is 5.91 Å². The highest BCUT2D eigenvalue weighted by atomic mass is 16.4. The van der Waals surface area contributed by atoms with E-state index in [9.17, 15) is 9.59 Å². The minimum atomic E-state index is -0.757. The average Bonchev–Trinajstić information content (AvgIpc) is 2.45. The zero-order chi connectivity index (χ0) is 14.5. The van der Waals surface area contributed by atoms with Gasteiger partial charge in [0, 0.05) is 44.7 Å². The summed E-state index contributed by atoms with van der Waals surface area (Å²) in [7, 11) is 0. The lowest BCUT2D eigenvalue weighted by Gasteiger charge is -2.37. The van der Waals surface area contributed by atoms with Crippen LogP contribution in [0.2, 0.25) is 0 Å². The molecule has 0 aliphatic carbocycles. The van der Waals surface area contributed by atoms with Gasteiger partial charge >= 0.3 is 5.97 Å². The van der Waals surface area contributed by atoms with Crippen molar-refractivity contribution in [2.75, 3.05) is 39.3 Å². The molecule has 0 saturated carbocycles. The van der Waals surface area contributed by atoms with Gasteiger partial charge in [-0.25, -0.2) is 0 Å². The Bertz CT molecular complexity index is 354. The fourth-order valence-electron chi connectivity index (χ4n) is 3.06. The van der Waals surface area contributed by atoms with E-state index in [2.05, 4.69) is 17.1 Å². The summed E-state index contributed by atoms with van der Waals surface area (Å²) in [6, 6.07) is 0.426. The lowest BCUT2D eigenvalue weighted by Crippen LogP contribution is -2.52. The molecule has 2 fully saturated rings. The molecule has 0 aromatic rings. The van der Waals surface area contributed by atoms with E-state index in [-0.39, 0.29) is 18.2 Å². The first-order chi connectivity index (χ1) is 9.56. The van der Waals surface area contributed by atoms with Crippen LogP contribution in [0.5, 0.6) is 0 Å². The van der Waals surface area contributed by atoms with Crippen LogP contribution in [0.4, 0.5) is 0 Å². The number of hydrogen-bond donors (Lipinski definition) is 2. The highest BCUT2D eigenvalue weighted by molar-refractivity contribution is 5.79. The maximum absolute atomic E-state index is 12.5. The molecule has 2 N–H and O–H groups in total. The quantitative estimate of drug-likeness (QED) is 0.759. The molecule has 2 aliphatic rings. The summed E-state index contributed by atoms with van der Waals surface area (Å²) >= 11 is 0. The van der Waals surface area contributed by atoms with E-state index in [0.717, 1.165) is 45.6 Å². The number of piperazine rings is 1. The Morgan fingerprint density at radius 2 is 1.95 bits per heavy atom. The molecule has 0 spiro atoms. The third-order valence-electron chi connectivity index (χ3n) is 4.30. The zero-order valence-corrected chi connectivity index (χ0v) is 12.2. The van der Waals surface area contributed by atoms with Crippen molar-refractivity contribution in [1.29, 1.82) is 0 Å². The van der Waals surface area contributed by atoms with Crippen LogP contribution in [0, 0.1) is 5.92 Å². The third kappa shape index (κ3) is 4.18. The summed E-state index contributed by atoms with van der Waals surface area (Å²) in [5, 5.41) is 12.1. The van der Waals surface area contributed by atoms with Gasteiger partial charge in [-0.1, -0.05) is 0 Å². The Balaban J connectivity index is 1.75. The van der Waals surface area contributed by atoms with Crippen LogP contribution in [0.15, 0.2) is 0 Å². The lowest BCUT2D eigenvalue weighted by molar-refractivity contribution is -0.140. The molecule has 0 aromatic carbocycles. The second-order valence-electron chi connectivity index (χ2n) is 5.89. The van der Waals surface area contributed by atoms with E-state index in [0.29, 0.717) is 12.6 Å². The fourth-order valence-corrected chi connectivity index (χ4v) is 3.06. The number of aliphatic carboxylic acids is 1. The van der Waals surface area contributed by atoms with Crippen molar-refractivity contribution in [2.24, 2.45) is 5.92 Å². The van der Waals surface area contributed by atoms with Gasteiger partial charge in [0.1, 0.15) is 0 Å². The minimum Gasteiger partial charge on any atom is -0.481 e. The van der Waals surface area contributed by atoms with Crippen LogP contribution in [0.3, 0.4) is 0 Å². The number of carboxylic acids is 1. The van der Waals surface area contributed by atoms with Gasteiger partial charge in [-0.15, -0.1) is 0 Å². The number of nitrogens with one attached hydrogen (secondary N) is 1. The first-order valence-corrected chi connectivity index (χ1v) is 7.52. The highest BCUT2D eigenvalue weighted by Gasteiger charge is 2.30. The Hall–Kier alpha value is -1.14. The predicted molar refractivity (Wildman–Crippen MR) is 75.5 cm³/mol. The molecule has 0 radical (unpaired) electrons. The van der Waals surface area contributed by atoms with Gasteiger partial charge in [0.25, 0.3) is 0 Å². The monoisotopic (exact) mass is 283 g/mol. The number of amides is 1. The maximum atomic E-state index is 12.5. The number of carboxylic acid groups (broad SMARTS) is 1. The highest BCUT2D eigenvalue weighted by Crippen LogP contribution is 2.19. The molecular formula is C14H25N3O3. The number of rotatable bonds is 4. The normalized spacial score (nSPS) is 28.4. The lowest BCUT2D eigenvalue weighted by atomic mass is 9.92. The Morgan fingerprint density at radius 1 is 1.25 bits per heavy atom. The fraction of sp³-hybridized carbons (Fsp3) is 0.857. The molecule has 1 amide bonds. The largest absolute Gasteiger partial charge is 0.481 e. The molecule has 20 heavy (non-hydrogen) atoms. The van der Waals surface area contributed by atoms with E-state index in [1.54, 1.807) is 0 Å². The van der Waals surface area contributed by atoms with E-state index >= 15 is 0 Å². The first kappa shape index (κ1) is 15.3. The SMILES string of the molecule is CC1CC(C(=O)N2CCN(CCC(=O)O)CC2)CCN1. The number of carbonyl (C=O) groups is 2. The molecule has 6 heteroatoms. The van der Waals surface area contributed by atoms with Crippen LogP contribution in [0.1, 0.15) is 26.2 Å². The van der Waals surface area contributed by atoms with Crippen molar-refractivity contribution in [3.63, 3.8) is 0 Å². The Kier molecular flexibility index (Phi) is 5.37. The van der Waals surface area contributed by atoms with Gasteiger partial charge in [-0.05, 0) is 26.3 Å². The topological polar surface area (TPSA) is 72.9 Å². The van der Waals surface area contributed by atoms with Gasteiger partial charge in [-0.3, -0.25) is 14.5 Å². The molecule has 2 saturated heterocycles. The van der Waals surface area contributed by atoms with Crippen LogP contribution in [-0.2, 0) is 9.59 Å². The summed E-state index contributed by atoms with van der Waals surface area (Å²) < 4.78 is 0. The number of nitrogens with zero attached hydrogens (tertiary/aromatic N) is 2. The van der Waals surface area contributed by atoms with Crippen molar-refractivity contribution in [3.8, 4) is 0 Å². The molecule has 114 valence electrons. The molecular weight excluding hydrogens is 258 g/mol. The Labute approximate surface area is 120 Å². The molecule has 2 heterocycles. The molecule has 2 aliphatic heterocycles. The summed E-state index contributed by atoms with van der Waals surface area (Å²) in [5.74, 6) is -0.305. The first-order valence-electron chi connectivity index (χ1n) is 7.52. The van der Waals surface area contributed by atoms with E-state index in [1.165, 1.54) is 0 Å². The number of carbonyl (C=O) groups excluding carboxylic acids is 1. The van der Waals surface area contributed by atoms with Crippen molar-refractivity contribution in [3.05, 3.63) is 0 Å². The van der Waals surface area contributed by atoms with E-state index in [4.69, 9.17) is 5.11 Å². The molecule has 6 nitrogen and oxygen atoms in total. The Morgan fingerprint density at radius 3 is 2.55 bits per heavy atom. The summed E-state index contributed by atoms with van der Waals surface area (Å²) in [6.07, 6.45) is 2.04. The number of piperidine rings is 1. The molecule has 0 bridgehead atoms. The van der Waals surface area contributed by atoms with E-state index in [1.807, 2.05) is 4.90 Å². The molecule has 0 aromatic heterocycles. The summed E-state index contributed by atoms with van der Waals surface area (Å²) in [6.45, 7) is 6.69. The van der Waals surface area contributed by atoms with Crippen LogP contribution in [0.25, 0.3) is 0 Å². The van der Waals surface area contributed by atoms with Crippen molar-refractivity contribution >= 4 is 11.9 Å². The van der Waals surface area contributed by atoms with Gasteiger partial charge in [-0.2, -0.15) is 0 Å². The predicted octanol–water partition coefficient (Wildman–Crippen LogP) is -0.00660. The second-order valence-corrected chi connectivity index (χ2v) is 5.89. The van der Waals surface area contributed by atoms with Crippen molar-refractivity contribution < 1.29 is 14.7 Å². The van der Waals surface area contributed by atoms with E-state index < -0.39 is 5.97 Å². The van der Waals surface area contributed by atoms with Crippen LogP contribution in [-0.4, -0.2) is 72.1 Å². The zero-order valence-electron chi connectivity index (χ0n) is 12.2. The standard InChI is InChI=1S/C14H25N3O3/c1-11-10-12(2-4-15-11)14(20)17-8-6-16(7-9-17)5-3-13(18)19/h11-12,15H,2-10H2,1H3,(H,18,19). The van der Waals surface area contributed by atoms with Crippen molar-refractivity contribution in [1.82, 2.24) is 15.1 Å². The van der Waals surface area contributed by atoms with Crippen molar-refractivity contribution in [2.45, 2.75) is 32.2 Å². The molecule has 2 atom stereocenters. The van der Waals surface area contributed by atoms with Gasteiger partial charge in [0.15, 0.2) is 0 Å². The molecule has 2 rings (SSSR count). The smallest absolute Gasteiger partial charge is 0.304 e. The van der Waals surface area contributed by atoms with Crippen LogP contribution >= 0.6 is 0 Å².